The molecule has 1 amide bonds. The number of nitriles is 1. The first-order valence-electron chi connectivity index (χ1n) is 10.6. The second-order valence-electron chi connectivity index (χ2n) is 8.09. The molecule has 1 N–H and O–H groups in total. The number of morpholine rings is 1. The first-order valence-corrected chi connectivity index (χ1v) is 12.0. The lowest BCUT2D eigenvalue weighted by Gasteiger charge is -2.26. The number of carbonyl (C=O) groups is 1. The fourth-order valence-corrected chi connectivity index (χ4v) is 5.29. The van der Waals surface area contributed by atoms with Gasteiger partial charge in [-0.15, -0.1) is 0 Å². The second kappa shape index (κ2) is 8.90. The largest absolute Gasteiger partial charge is 0.379 e. The van der Waals surface area contributed by atoms with Gasteiger partial charge in [0.1, 0.15) is 11.6 Å². The van der Waals surface area contributed by atoms with Crippen LogP contribution in [0, 0.1) is 25.2 Å². The van der Waals surface area contributed by atoms with Crippen LogP contribution >= 0.6 is 0 Å². The van der Waals surface area contributed by atoms with Gasteiger partial charge < -0.3 is 14.6 Å². The summed E-state index contributed by atoms with van der Waals surface area (Å²) in [6, 6.07) is 10.9. The Morgan fingerprint density at radius 2 is 1.94 bits per heavy atom. The van der Waals surface area contributed by atoms with E-state index in [9.17, 15) is 18.5 Å². The molecule has 0 spiro atoms. The maximum Gasteiger partial charge on any atom is 0.262 e. The van der Waals surface area contributed by atoms with E-state index >= 15 is 0 Å². The predicted molar refractivity (Wildman–Crippen MR) is 120 cm³/mol. The Hall–Kier alpha value is -2.93. The molecule has 168 valence electrons. The average molecular weight is 455 g/mol. The Labute approximate surface area is 188 Å². The van der Waals surface area contributed by atoms with Gasteiger partial charge in [0.05, 0.1) is 18.1 Å². The highest BCUT2D eigenvalue weighted by Gasteiger charge is 2.27. The zero-order valence-corrected chi connectivity index (χ0v) is 19.0. The summed E-state index contributed by atoms with van der Waals surface area (Å²) in [5.74, 6) is -0.363. The van der Waals surface area contributed by atoms with Crippen molar-refractivity contribution in [2.45, 2.75) is 37.6 Å². The van der Waals surface area contributed by atoms with Gasteiger partial charge in [-0.1, -0.05) is 6.07 Å². The molecule has 2 heterocycles. The highest BCUT2D eigenvalue weighted by molar-refractivity contribution is 7.89. The molecule has 2 aromatic rings. The van der Waals surface area contributed by atoms with Crippen LogP contribution in [0.4, 0.5) is 0 Å². The molecule has 2 fully saturated rings. The van der Waals surface area contributed by atoms with Gasteiger partial charge in [0.25, 0.3) is 5.91 Å². The summed E-state index contributed by atoms with van der Waals surface area (Å²) in [6.45, 7) is 5.24. The molecule has 0 atom stereocenters. The quantitative estimate of drug-likeness (QED) is 0.533. The van der Waals surface area contributed by atoms with Gasteiger partial charge in [0.2, 0.25) is 10.0 Å². The Morgan fingerprint density at radius 1 is 1.22 bits per heavy atom. The van der Waals surface area contributed by atoms with Crippen LogP contribution in [0.2, 0.25) is 0 Å². The van der Waals surface area contributed by atoms with Crippen molar-refractivity contribution in [1.82, 2.24) is 14.2 Å². The third kappa shape index (κ3) is 4.48. The Morgan fingerprint density at radius 3 is 2.59 bits per heavy atom. The van der Waals surface area contributed by atoms with Crippen LogP contribution in [-0.2, 0) is 19.6 Å². The smallest absolute Gasteiger partial charge is 0.262 e. The fraction of sp³-hybridized carbons (Fsp3) is 0.391. The van der Waals surface area contributed by atoms with Crippen molar-refractivity contribution >= 4 is 22.0 Å². The van der Waals surface area contributed by atoms with Crippen molar-refractivity contribution in [3.05, 3.63) is 52.9 Å². The molecule has 8 nitrogen and oxygen atoms in total. The number of ether oxygens (including phenoxy) is 1. The predicted octanol–water partition coefficient (Wildman–Crippen LogP) is 2.30. The molecule has 1 aliphatic heterocycles. The topological polar surface area (TPSA) is 104 Å². The van der Waals surface area contributed by atoms with E-state index in [0.717, 1.165) is 29.8 Å². The summed E-state index contributed by atoms with van der Waals surface area (Å²) in [6.07, 6.45) is 3.48. The molecule has 1 aliphatic carbocycles. The summed E-state index contributed by atoms with van der Waals surface area (Å²) < 4.78 is 34.8. The molecule has 9 heteroatoms. The normalized spacial score (nSPS) is 17.7. The van der Waals surface area contributed by atoms with Gasteiger partial charge in [-0.3, -0.25) is 4.79 Å². The zero-order valence-electron chi connectivity index (χ0n) is 18.2. The third-order valence-electron chi connectivity index (χ3n) is 5.73. The minimum absolute atomic E-state index is 0.0563. The third-order valence-corrected chi connectivity index (χ3v) is 7.63. The molecule has 4 rings (SSSR count). The number of amides is 1. The van der Waals surface area contributed by atoms with Gasteiger partial charge in [-0.2, -0.15) is 9.57 Å². The minimum Gasteiger partial charge on any atom is -0.379 e. The number of nitrogens with zero attached hydrogens (tertiary/aromatic N) is 3. The van der Waals surface area contributed by atoms with E-state index in [1.807, 2.05) is 36.6 Å². The Kier molecular flexibility index (Phi) is 6.20. The monoisotopic (exact) mass is 454 g/mol. The summed E-state index contributed by atoms with van der Waals surface area (Å²) >= 11 is 0. The van der Waals surface area contributed by atoms with E-state index in [0.29, 0.717) is 32.0 Å². The lowest BCUT2D eigenvalue weighted by Crippen LogP contribution is -2.40. The number of nitrogens with one attached hydrogen (secondary N) is 1. The van der Waals surface area contributed by atoms with Gasteiger partial charge in [0.15, 0.2) is 0 Å². The maximum absolute atomic E-state index is 13.1. The molecular weight excluding hydrogens is 428 g/mol. The molecule has 0 radical (unpaired) electrons. The lowest BCUT2D eigenvalue weighted by atomic mass is 10.1. The van der Waals surface area contributed by atoms with Crippen LogP contribution in [0.1, 0.15) is 29.8 Å². The zero-order chi connectivity index (χ0) is 22.9. The lowest BCUT2D eigenvalue weighted by molar-refractivity contribution is -0.117. The van der Waals surface area contributed by atoms with Crippen molar-refractivity contribution in [2.75, 3.05) is 26.3 Å². The summed E-state index contributed by atoms with van der Waals surface area (Å²) in [5.41, 5.74) is 3.19. The second-order valence-corrected chi connectivity index (χ2v) is 10.0. The van der Waals surface area contributed by atoms with Crippen LogP contribution in [0.3, 0.4) is 0 Å². The van der Waals surface area contributed by atoms with E-state index < -0.39 is 10.0 Å². The first-order chi connectivity index (χ1) is 15.3. The summed E-state index contributed by atoms with van der Waals surface area (Å²) in [4.78, 5) is 12.5. The number of aryl methyl sites for hydroxylation is 1. The molecule has 0 bridgehead atoms. The number of aromatic nitrogens is 1. The molecule has 32 heavy (non-hydrogen) atoms. The van der Waals surface area contributed by atoms with Crippen molar-refractivity contribution < 1.29 is 17.9 Å². The van der Waals surface area contributed by atoms with E-state index in [2.05, 4.69) is 5.32 Å². The van der Waals surface area contributed by atoms with Crippen molar-refractivity contribution in [1.29, 1.82) is 5.26 Å². The van der Waals surface area contributed by atoms with Gasteiger partial charge in [-0.25, -0.2) is 8.42 Å². The van der Waals surface area contributed by atoms with Gasteiger partial charge in [-0.05, 0) is 62.6 Å². The number of carbonyl (C=O) groups excluding carboxylic acids is 1. The molecule has 1 saturated carbocycles. The number of rotatable bonds is 6. The standard InChI is InChI=1S/C23H26N4O4S/c1-16-12-18(13-19(15-24)23(28)25-20-6-7-20)17(2)27(16)21-4-3-5-22(14-21)32(29,30)26-8-10-31-11-9-26/h3-5,12-14,20H,6-11H2,1-2H3,(H,25,28)/b19-13+. The first kappa shape index (κ1) is 22.3. The van der Waals surface area contributed by atoms with Crippen LogP contribution in [0.5, 0.6) is 0 Å². The molecule has 2 aliphatic rings. The van der Waals surface area contributed by atoms with Crippen LogP contribution in [0.25, 0.3) is 11.8 Å². The highest BCUT2D eigenvalue weighted by Crippen LogP contribution is 2.26. The summed E-state index contributed by atoms with van der Waals surface area (Å²) in [5, 5.41) is 12.3. The molecule has 1 saturated heterocycles. The molecule has 1 aromatic heterocycles. The van der Waals surface area contributed by atoms with Crippen molar-refractivity contribution in [3.8, 4) is 11.8 Å². The Balaban J connectivity index is 1.67. The molecular formula is C23H26N4O4S. The number of hydrogen-bond acceptors (Lipinski definition) is 5. The Bertz CT molecular complexity index is 1210. The number of benzene rings is 1. The van der Waals surface area contributed by atoms with E-state index in [1.165, 1.54) is 4.31 Å². The minimum atomic E-state index is -3.62. The van der Waals surface area contributed by atoms with Gasteiger partial charge in [0, 0.05) is 36.2 Å². The average Bonchev–Trinajstić information content (AvgIpc) is 3.56. The fourth-order valence-electron chi connectivity index (χ4n) is 3.85. The van der Waals surface area contributed by atoms with Crippen LogP contribution in [0.15, 0.2) is 40.8 Å². The van der Waals surface area contributed by atoms with Crippen molar-refractivity contribution in [2.24, 2.45) is 0 Å². The van der Waals surface area contributed by atoms with Gasteiger partial charge >= 0.3 is 0 Å². The SMILES string of the molecule is Cc1cc(/C=C(\C#N)C(=O)NC2CC2)c(C)n1-c1cccc(S(=O)(=O)N2CCOCC2)c1. The number of sulfonamides is 1. The summed E-state index contributed by atoms with van der Waals surface area (Å²) in [7, 11) is -3.62. The highest BCUT2D eigenvalue weighted by atomic mass is 32.2. The van der Waals surface area contributed by atoms with E-state index in [1.54, 1.807) is 24.3 Å². The van der Waals surface area contributed by atoms with E-state index in [4.69, 9.17) is 4.74 Å². The van der Waals surface area contributed by atoms with E-state index in [-0.39, 0.29) is 22.4 Å². The maximum atomic E-state index is 13.1. The molecule has 0 unspecified atom stereocenters. The van der Waals surface area contributed by atoms with Crippen LogP contribution < -0.4 is 5.32 Å². The van der Waals surface area contributed by atoms with Crippen LogP contribution in [-0.4, -0.2) is 55.5 Å². The van der Waals surface area contributed by atoms with Crippen molar-refractivity contribution in [3.63, 3.8) is 0 Å². The molecule has 1 aromatic carbocycles. The number of hydrogen-bond donors (Lipinski definition) is 1.